The van der Waals surface area contributed by atoms with Gasteiger partial charge in [0, 0.05) is 43.6 Å². The molecule has 2 amide bonds. The van der Waals surface area contributed by atoms with E-state index >= 15 is 0 Å². The average molecular weight is 610 g/mol. The third kappa shape index (κ3) is 14.7. The van der Waals surface area contributed by atoms with Crippen molar-refractivity contribution in [2.24, 2.45) is 11.7 Å². The van der Waals surface area contributed by atoms with Gasteiger partial charge < -0.3 is 31.9 Å². The Morgan fingerprint density at radius 3 is 2.09 bits per heavy atom. The molecule has 0 aromatic carbocycles. The molecule has 14 heteroatoms. The van der Waals surface area contributed by atoms with Crippen LogP contribution >= 0.6 is 0 Å². The zero-order chi connectivity index (χ0) is 32.7. The lowest BCUT2D eigenvalue weighted by molar-refractivity contribution is -0.140. The summed E-state index contributed by atoms with van der Waals surface area (Å²) in [6.07, 6.45) is 3.27. The van der Waals surface area contributed by atoms with Crippen LogP contribution < -0.4 is 21.7 Å². The third-order valence-corrected chi connectivity index (χ3v) is 6.96. The van der Waals surface area contributed by atoms with Crippen molar-refractivity contribution < 1.29 is 34.2 Å². The minimum atomic E-state index is -1.18. The summed E-state index contributed by atoms with van der Waals surface area (Å²) in [6, 6.07) is -2.67. The van der Waals surface area contributed by atoms with E-state index in [4.69, 9.17) is 5.73 Å². The number of carbonyl (C=O) groups excluding carboxylic acids is 4. The van der Waals surface area contributed by atoms with Gasteiger partial charge in [0.2, 0.25) is 11.8 Å². The summed E-state index contributed by atoms with van der Waals surface area (Å²) in [6.45, 7) is 11.2. The standard InChI is InChI=1S/C29H51N7O7/c1-7-24(38)20(14-25(39)23(15-26(40)41)32-18(4)5)11-12-21-16-36(35-34-21)13-9-8-10-22(31-17(2)3)29(43)33-27(19(6)37)28(30)42/h16-20,22-23,27,31-32,37H,7-15H2,1-6H3,(H2,30,42)(H,33,43)(H,40,41)/t19-,20-,22+,23+,27+/m1/s1. The van der Waals surface area contributed by atoms with Crippen LogP contribution in [0.1, 0.15) is 92.2 Å². The second-order valence-corrected chi connectivity index (χ2v) is 11.7. The Kier molecular flexibility index (Phi) is 16.8. The number of aliphatic hydroxyl groups is 1. The van der Waals surface area contributed by atoms with Crippen molar-refractivity contribution >= 4 is 29.4 Å². The second-order valence-electron chi connectivity index (χ2n) is 11.7. The predicted molar refractivity (Wildman–Crippen MR) is 160 cm³/mol. The van der Waals surface area contributed by atoms with E-state index in [9.17, 15) is 34.2 Å². The van der Waals surface area contributed by atoms with Gasteiger partial charge in [0.1, 0.15) is 11.8 Å². The first-order valence-electron chi connectivity index (χ1n) is 15.1. The number of aryl methyl sites for hydroxylation is 2. The van der Waals surface area contributed by atoms with Crippen LogP contribution in [0.25, 0.3) is 0 Å². The number of hydrogen-bond acceptors (Lipinski definition) is 10. The molecule has 0 saturated heterocycles. The van der Waals surface area contributed by atoms with Gasteiger partial charge in [-0.3, -0.25) is 28.7 Å². The van der Waals surface area contributed by atoms with Gasteiger partial charge in [-0.2, -0.15) is 0 Å². The first-order valence-corrected chi connectivity index (χ1v) is 15.1. The topological polar surface area (TPSA) is 219 Å². The fourth-order valence-corrected chi connectivity index (χ4v) is 4.78. The molecule has 1 heterocycles. The number of nitrogens with two attached hydrogens (primary N) is 1. The Balaban J connectivity index is 2.70. The number of unbranched alkanes of at least 4 members (excludes halogenated alkanes) is 1. The molecule has 14 nitrogen and oxygen atoms in total. The molecule has 0 bridgehead atoms. The molecule has 0 aliphatic heterocycles. The van der Waals surface area contributed by atoms with Crippen LogP contribution in [0.2, 0.25) is 0 Å². The molecule has 0 aliphatic carbocycles. The monoisotopic (exact) mass is 609 g/mol. The summed E-state index contributed by atoms with van der Waals surface area (Å²) < 4.78 is 1.69. The number of aromatic nitrogens is 3. The maximum atomic E-state index is 12.9. The number of ketones is 2. The Morgan fingerprint density at radius 2 is 1.56 bits per heavy atom. The van der Waals surface area contributed by atoms with Gasteiger partial charge in [0.05, 0.1) is 30.3 Å². The molecule has 0 aliphatic rings. The molecule has 244 valence electrons. The van der Waals surface area contributed by atoms with Crippen molar-refractivity contribution in [2.75, 3.05) is 0 Å². The van der Waals surface area contributed by atoms with Gasteiger partial charge in [0.15, 0.2) is 5.78 Å². The van der Waals surface area contributed by atoms with Crippen molar-refractivity contribution in [3.63, 3.8) is 0 Å². The SMILES string of the molecule is CCC(=O)[C@H](CCc1cn(CCCC[C@H](NC(C)C)C(=O)N[C@H](C(N)=O)[C@@H](C)O)nn1)CC(=O)[C@H](CC(=O)O)NC(C)C. The van der Waals surface area contributed by atoms with E-state index in [0.29, 0.717) is 44.3 Å². The number of rotatable bonds is 23. The number of hydrogen-bond donors (Lipinski definition) is 6. The molecular weight excluding hydrogens is 558 g/mol. The Bertz CT molecular complexity index is 1060. The highest BCUT2D eigenvalue weighted by Crippen LogP contribution is 2.18. The van der Waals surface area contributed by atoms with Gasteiger partial charge in [-0.15, -0.1) is 5.10 Å². The van der Waals surface area contributed by atoms with Crippen LogP contribution in [-0.4, -0.2) is 90.9 Å². The highest BCUT2D eigenvalue weighted by molar-refractivity contribution is 5.92. The lowest BCUT2D eigenvalue weighted by Gasteiger charge is -2.24. The lowest BCUT2D eigenvalue weighted by Crippen LogP contribution is -2.56. The predicted octanol–water partition coefficient (Wildman–Crippen LogP) is 0.494. The van der Waals surface area contributed by atoms with E-state index < -0.39 is 47.9 Å². The Morgan fingerprint density at radius 1 is 0.930 bits per heavy atom. The third-order valence-electron chi connectivity index (χ3n) is 6.96. The first-order chi connectivity index (χ1) is 20.1. The van der Waals surface area contributed by atoms with E-state index in [0.717, 1.165) is 0 Å². The first kappa shape index (κ1) is 37.8. The van der Waals surface area contributed by atoms with Crippen molar-refractivity contribution in [1.82, 2.24) is 30.9 Å². The minimum absolute atomic E-state index is 0.0143. The maximum absolute atomic E-state index is 12.9. The number of carbonyl (C=O) groups is 5. The number of carboxylic acids is 1. The molecule has 1 aromatic rings. The van der Waals surface area contributed by atoms with E-state index in [-0.39, 0.29) is 42.9 Å². The molecule has 5 atom stereocenters. The highest BCUT2D eigenvalue weighted by atomic mass is 16.4. The fourth-order valence-electron chi connectivity index (χ4n) is 4.78. The van der Waals surface area contributed by atoms with Crippen LogP contribution in [0, 0.1) is 5.92 Å². The van der Waals surface area contributed by atoms with Gasteiger partial charge in [-0.1, -0.05) is 39.8 Å². The number of primary amides is 1. The van der Waals surface area contributed by atoms with Crippen LogP contribution in [0.5, 0.6) is 0 Å². The summed E-state index contributed by atoms with van der Waals surface area (Å²) in [5, 5.41) is 36.0. The molecule has 1 aromatic heterocycles. The van der Waals surface area contributed by atoms with Crippen LogP contribution in [0.3, 0.4) is 0 Å². The van der Waals surface area contributed by atoms with Gasteiger partial charge in [-0.05, 0) is 39.0 Å². The zero-order valence-electron chi connectivity index (χ0n) is 26.3. The summed E-state index contributed by atoms with van der Waals surface area (Å²) in [5.41, 5.74) is 5.97. The number of aliphatic hydroxyl groups excluding tert-OH is 1. The van der Waals surface area contributed by atoms with Gasteiger partial charge >= 0.3 is 5.97 Å². The number of carboxylic acid groups (broad SMARTS) is 1. The lowest BCUT2D eigenvalue weighted by atomic mass is 9.88. The summed E-state index contributed by atoms with van der Waals surface area (Å²) in [4.78, 5) is 61.1. The van der Waals surface area contributed by atoms with Crippen LogP contribution in [-0.2, 0) is 36.9 Å². The number of Topliss-reactive ketones (excluding diaryl/α,β-unsaturated/α-hetero) is 2. The summed E-state index contributed by atoms with van der Waals surface area (Å²) in [5.74, 6) is -3.18. The minimum Gasteiger partial charge on any atom is -0.481 e. The smallest absolute Gasteiger partial charge is 0.305 e. The van der Waals surface area contributed by atoms with Gasteiger partial charge in [-0.25, -0.2) is 0 Å². The number of aliphatic carboxylic acids is 1. The highest BCUT2D eigenvalue weighted by Gasteiger charge is 2.29. The van der Waals surface area contributed by atoms with Crippen molar-refractivity contribution in [3.05, 3.63) is 11.9 Å². The summed E-state index contributed by atoms with van der Waals surface area (Å²) >= 11 is 0. The summed E-state index contributed by atoms with van der Waals surface area (Å²) in [7, 11) is 0. The van der Waals surface area contributed by atoms with E-state index in [1.807, 2.05) is 27.7 Å². The normalized spacial score (nSPS) is 15.1. The molecule has 0 fully saturated rings. The average Bonchev–Trinajstić information content (AvgIpc) is 3.36. The second kappa shape index (κ2) is 19.1. The molecule has 43 heavy (non-hydrogen) atoms. The zero-order valence-corrected chi connectivity index (χ0v) is 26.3. The van der Waals surface area contributed by atoms with Crippen molar-refractivity contribution in [2.45, 2.75) is 136 Å². The molecule has 0 radical (unpaired) electrons. The largest absolute Gasteiger partial charge is 0.481 e. The Labute approximate surface area is 253 Å². The molecule has 1 rings (SSSR count). The molecule has 7 N–H and O–H groups in total. The number of amides is 2. The van der Waals surface area contributed by atoms with Crippen molar-refractivity contribution in [1.29, 1.82) is 0 Å². The van der Waals surface area contributed by atoms with Crippen LogP contribution in [0.15, 0.2) is 6.20 Å². The molecular formula is C29H51N7O7. The van der Waals surface area contributed by atoms with E-state index in [2.05, 4.69) is 26.3 Å². The quantitative estimate of drug-likeness (QED) is 0.0938. The van der Waals surface area contributed by atoms with Crippen molar-refractivity contribution in [3.8, 4) is 0 Å². The number of nitrogens with zero attached hydrogens (tertiary/aromatic N) is 3. The van der Waals surface area contributed by atoms with Gasteiger partial charge in [0.25, 0.3) is 0 Å². The molecule has 0 spiro atoms. The molecule has 0 unspecified atom stereocenters. The maximum Gasteiger partial charge on any atom is 0.305 e. The van der Waals surface area contributed by atoms with E-state index in [1.54, 1.807) is 17.8 Å². The van der Waals surface area contributed by atoms with Crippen LogP contribution in [0.4, 0.5) is 0 Å². The Hall–Kier alpha value is -3.23. The molecule has 0 saturated carbocycles. The van der Waals surface area contributed by atoms with E-state index in [1.165, 1.54) is 6.92 Å². The number of nitrogens with one attached hydrogen (secondary N) is 3. The fraction of sp³-hybridized carbons (Fsp3) is 0.759.